The Morgan fingerprint density at radius 3 is 3.05 bits per heavy atom. The molecule has 0 aliphatic heterocycles. The fraction of sp³-hybridized carbons (Fsp3) is 0.0667. The highest BCUT2D eigenvalue weighted by Crippen LogP contribution is 2.36. The normalized spacial score (nSPS) is 11.2. The number of methoxy groups -OCH3 is 1. The van der Waals surface area contributed by atoms with Gasteiger partial charge < -0.3 is 9.72 Å². The summed E-state index contributed by atoms with van der Waals surface area (Å²) in [7, 11) is 1.62. The lowest BCUT2D eigenvalue weighted by Gasteiger charge is -1.98. The fourth-order valence-corrected chi connectivity index (χ4v) is 3.38. The Morgan fingerprint density at radius 1 is 1.25 bits per heavy atom. The average Bonchev–Trinajstić information content (AvgIpc) is 3.09. The average molecular weight is 281 g/mol. The second-order valence-corrected chi connectivity index (χ2v) is 5.56. The SMILES string of the molecule is COc1ccc2c(-c3cc4ccncc4s3)c[nH]c2n1. The van der Waals surface area contributed by atoms with Gasteiger partial charge in [-0.2, -0.15) is 4.98 Å². The van der Waals surface area contributed by atoms with Gasteiger partial charge in [0.1, 0.15) is 5.65 Å². The lowest BCUT2D eigenvalue weighted by Crippen LogP contribution is -1.86. The molecule has 0 saturated heterocycles. The summed E-state index contributed by atoms with van der Waals surface area (Å²) in [5, 5.41) is 2.32. The molecule has 20 heavy (non-hydrogen) atoms. The minimum Gasteiger partial charge on any atom is -0.481 e. The van der Waals surface area contributed by atoms with E-state index in [2.05, 4.69) is 21.0 Å². The number of ether oxygens (including phenoxy) is 1. The van der Waals surface area contributed by atoms with Crippen molar-refractivity contribution in [3.05, 3.63) is 42.9 Å². The second-order valence-electron chi connectivity index (χ2n) is 4.48. The quantitative estimate of drug-likeness (QED) is 0.607. The number of hydrogen-bond acceptors (Lipinski definition) is 4. The number of fused-ring (bicyclic) bond motifs is 2. The number of pyridine rings is 2. The van der Waals surface area contributed by atoms with Crippen LogP contribution >= 0.6 is 11.3 Å². The third kappa shape index (κ3) is 1.67. The maximum Gasteiger partial charge on any atom is 0.214 e. The van der Waals surface area contributed by atoms with Crippen LogP contribution in [0.4, 0.5) is 0 Å². The number of hydrogen-bond donors (Lipinski definition) is 1. The van der Waals surface area contributed by atoms with E-state index in [9.17, 15) is 0 Å². The molecule has 4 aromatic rings. The molecule has 4 nitrogen and oxygen atoms in total. The smallest absolute Gasteiger partial charge is 0.214 e. The van der Waals surface area contributed by atoms with E-state index in [-0.39, 0.29) is 0 Å². The second kappa shape index (κ2) is 4.31. The first-order valence-corrected chi connectivity index (χ1v) is 7.03. The molecule has 0 amide bonds. The molecule has 5 heteroatoms. The molecule has 0 atom stereocenters. The van der Waals surface area contributed by atoms with E-state index in [0.717, 1.165) is 16.6 Å². The lowest BCUT2D eigenvalue weighted by atomic mass is 10.2. The molecule has 4 rings (SSSR count). The van der Waals surface area contributed by atoms with Crippen LogP contribution < -0.4 is 4.74 Å². The molecule has 0 aliphatic rings. The van der Waals surface area contributed by atoms with Crippen molar-refractivity contribution < 1.29 is 4.74 Å². The van der Waals surface area contributed by atoms with Crippen molar-refractivity contribution >= 4 is 32.5 Å². The lowest BCUT2D eigenvalue weighted by molar-refractivity contribution is 0.399. The van der Waals surface area contributed by atoms with Crippen LogP contribution in [-0.4, -0.2) is 22.1 Å². The monoisotopic (exact) mass is 281 g/mol. The molecule has 4 heterocycles. The Balaban J connectivity index is 1.93. The number of thiophene rings is 1. The highest BCUT2D eigenvalue weighted by atomic mass is 32.1. The fourth-order valence-electron chi connectivity index (χ4n) is 2.32. The van der Waals surface area contributed by atoms with Crippen molar-refractivity contribution in [2.75, 3.05) is 7.11 Å². The van der Waals surface area contributed by atoms with Crippen molar-refractivity contribution in [2.45, 2.75) is 0 Å². The van der Waals surface area contributed by atoms with E-state index in [1.54, 1.807) is 18.4 Å². The molecule has 0 aliphatic carbocycles. The Hall–Kier alpha value is -2.40. The Morgan fingerprint density at radius 2 is 2.20 bits per heavy atom. The van der Waals surface area contributed by atoms with Crippen molar-refractivity contribution in [2.24, 2.45) is 0 Å². The van der Waals surface area contributed by atoms with Gasteiger partial charge in [0.15, 0.2) is 0 Å². The number of nitrogens with zero attached hydrogens (tertiary/aromatic N) is 2. The maximum absolute atomic E-state index is 5.15. The molecule has 0 fully saturated rings. The van der Waals surface area contributed by atoms with Gasteiger partial charge in [-0.1, -0.05) is 0 Å². The summed E-state index contributed by atoms with van der Waals surface area (Å²) >= 11 is 1.74. The van der Waals surface area contributed by atoms with Crippen LogP contribution in [0.3, 0.4) is 0 Å². The van der Waals surface area contributed by atoms with Crippen molar-refractivity contribution in [3.63, 3.8) is 0 Å². The Bertz CT molecular complexity index is 877. The molecule has 4 aromatic heterocycles. The topological polar surface area (TPSA) is 50.8 Å². The largest absolute Gasteiger partial charge is 0.481 e. The predicted molar refractivity (Wildman–Crippen MR) is 81.3 cm³/mol. The first-order chi connectivity index (χ1) is 9.85. The summed E-state index contributed by atoms with van der Waals surface area (Å²) in [6.07, 6.45) is 5.72. The number of nitrogens with one attached hydrogen (secondary N) is 1. The molecule has 98 valence electrons. The van der Waals surface area contributed by atoms with Gasteiger partial charge in [-0.3, -0.25) is 4.98 Å². The predicted octanol–water partition coefficient (Wildman–Crippen LogP) is 3.85. The van der Waals surface area contributed by atoms with E-state index in [4.69, 9.17) is 4.74 Å². The van der Waals surface area contributed by atoms with E-state index in [0.29, 0.717) is 5.88 Å². The standard InChI is InChI=1S/C15H11N3OS/c1-19-14-3-2-10-11(7-17-15(10)18-14)12-6-9-4-5-16-8-13(9)20-12/h2-8H,1H3,(H,17,18). The molecular formula is C15H11N3OS. The van der Waals surface area contributed by atoms with Gasteiger partial charge in [-0.25, -0.2) is 0 Å². The van der Waals surface area contributed by atoms with E-state index >= 15 is 0 Å². The van der Waals surface area contributed by atoms with Crippen LogP contribution in [0, 0.1) is 0 Å². The third-order valence-electron chi connectivity index (χ3n) is 3.31. The minimum atomic E-state index is 0.617. The van der Waals surface area contributed by atoms with Crippen molar-refractivity contribution in [3.8, 4) is 16.3 Å². The number of H-pyrrole nitrogens is 1. The molecule has 0 radical (unpaired) electrons. The molecule has 0 unspecified atom stereocenters. The van der Waals surface area contributed by atoms with Gasteiger partial charge in [0.2, 0.25) is 5.88 Å². The summed E-state index contributed by atoms with van der Waals surface area (Å²) in [5.41, 5.74) is 2.01. The van der Waals surface area contributed by atoms with Gasteiger partial charge >= 0.3 is 0 Å². The van der Waals surface area contributed by atoms with Crippen LogP contribution in [-0.2, 0) is 0 Å². The summed E-state index contributed by atoms with van der Waals surface area (Å²) in [4.78, 5) is 13.0. The number of rotatable bonds is 2. The third-order valence-corrected chi connectivity index (χ3v) is 4.43. The van der Waals surface area contributed by atoms with Crippen molar-refractivity contribution in [1.82, 2.24) is 15.0 Å². The van der Waals surface area contributed by atoms with Gasteiger partial charge in [0, 0.05) is 40.5 Å². The molecule has 1 N–H and O–H groups in total. The maximum atomic E-state index is 5.15. The van der Waals surface area contributed by atoms with Gasteiger partial charge in [-0.05, 0) is 23.6 Å². The first-order valence-electron chi connectivity index (χ1n) is 6.21. The van der Waals surface area contributed by atoms with Gasteiger partial charge in [0.05, 0.1) is 11.8 Å². The minimum absolute atomic E-state index is 0.617. The van der Waals surface area contributed by atoms with Gasteiger partial charge in [-0.15, -0.1) is 11.3 Å². The Labute approximate surface area is 119 Å². The van der Waals surface area contributed by atoms with Crippen LogP contribution in [0.2, 0.25) is 0 Å². The highest BCUT2D eigenvalue weighted by molar-refractivity contribution is 7.22. The van der Waals surface area contributed by atoms with Crippen LogP contribution in [0.25, 0.3) is 31.6 Å². The Kier molecular flexibility index (Phi) is 2.47. The van der Waals surface area contributed by atoms with Crippen LogP contribution in [0.5, 0.6) is 5.88 Å². The summed E-state index contributed by atoms with van der Waals surface area (Å²) in [5.74, 6) is 0.617. The van der Waals surface area contributed by atoms with Gasteiger partial charge in [0.25, 0.3) is 0 Å². The molecule has 0 bridgehead atoms. The zero-order valence-corrected chi connectivity index (χ0v) is 11.6. The molecule has 0 saturated carbocycles. The number of aromatic nitrogens is 3. The zero-order chi connectivity index (χ0) is 13.5. The van der Waals surface area contributed by atoms with E-state index in [1.165, 1.54) is 15.0 Å². The van der Waals surface area contributed by atoms with Crippen LogP contribution in [0.15, 0.2) is 42.9 Å². The van der Waals surface area contributed by atoms with Crippen molar-refractivity contribution in [1.29, 1.82) is 0 Å². The zero-order valence-electron chi connectivity index (χ0n) is 10.8. The summed E-state index contributed by atoms with van der Waals surface area (Å²) in [6.45, 7) is 0. The summed E-state index contributed by atoms with van der Waals surface area (Å²) in [6, 6.07) is 8.14. The highest BCUT2D eigenvalue weighted by Gasteiger charge is 2.11. The molecule has 0 aromatic carbocycles. The van der Waals surface area contributed by atoms with Crippen LogP contribution in [0.1, 0.15) is 0 Å². The molecule has 0 spiro atoms. The first kappa shape index (κ1) is 11.4. The molecular weight excluding hydrogens is 270 g/mol. The van der Waals surface area contributed by atoms with E-state index < -0.39 is 0 Å². The number of aromatic amines is 1. The van der Waals surface area contributed by atoms with E-state index in [1.807, 2.05) is 36.8 Å². The summed E-state index contributed by atoms with van der Waals surface area (Å²) < 4.78 is 6.34.